The van der Waals surface area contributed by atoms with Gasteiger partial charge in [0.1, 0.15) is 0 Å². The van der Waals surface area contributed by atoms with Crippen molar-refractivity contribution in [1.82, 2.24) is 0 Å². The molecule has 138 valence electrons. The highest BCUT2D eigenvalue weighted by molar-refractivity contribution is 7.79. The first-order valence-electron chi connectivity index (χ1n) is 9.15. The Bertz CT molecular complexity index is 1110. The summed E-state index contributed by atoms with van der Waals surface area (Å²) in [6.45, 7) is 0. The molecule has 4 aromatic carbocycles. The van der Waals surface area contributed by atoms with E-state index in [9.17, 15) is 9.36 Å². The lowest BCUT2D eigenvalue weighted by atomic mass is 10.1. The summed E-state index contributed by atoms with van der Waals surface area (Å²) in [6.07, 6.45) is -0.0791. The van der Waals surface area contributed by atoms with Crippen molar-refractivity contribution in [2.75, 3.05) is 11.5 Å². The van der Waals surface area contributed by atoms with Gasteiger partial charge in [-0.25, -0.2) is 0 Å². The van der Waals surface area contributed by atoms with E-state index in [-0.39, 0.29) is 12.1 Å². The SMILES string of the molecule is O=C(CP(=O)(c1ccccc1)c1ccccc1)Nc1cccc2ccccc12. The summed E-state index contributed by atoms with van der Waals surface area (Å²) in [6, 6.07) is 32.2. The van der Waals surface area contributed by atoms with Crippen LogP contribution in [0.3, 0.4) is 0 Å². The molecule has 0 heterocycles. The predicted molar refractivity (Wildman–Crippen MR) is 117 cm³/mol. The Morgan fingerprint density at radius 1 is 0.679 bits per heavy atom. The molecule has 1 amide bonds. The number of fused-ring (bicyclic) bond motifs is 1. The van der Waals surface area contributed by atoms with Gasteiger partial charge in [0.25, 0.3) is 0 Å². The second-order valence-corrected chi connectivity index (χ2v) is 9.47. The van der Waals surface area contributed by atoms with Crippen LogP contribution in [0, 0.1) is 0 Å². The topological polar surface area (TPSA) is 46.2 Å². The lowest BCUT2D eigenvalue weighted by Gasteiger charge is -2.19. The van der Waals surface area contributed by atoms with E-state index >= 15 is 0 Å². The fraction of sp³-hybridized carbons (Fsp3) is 0.0417. The molecule has 4 aromatic rings. The first kappa shape index (κ1) is 18.2. The number of carbonyl (C=O) groups is 1. The van der Waals surface area contributed by atoms with E-state index in [1.807, 2.05) is 103 Å². The van der Waals surface area contributed by atoms with Gasteiger partial charge in [0.2, 0.25) is 5.91 Å². The number of nitrogens with one attached hydrogen (secondary N) is 1. The van der Waals surface area contributed by atoms with E-state index in [1.165, 1.54) is 0 Å². The third kappa shape index (κ3) is 3.62. The normalized spacial score (nSPS) is 11.3. The van der Waals surface area contributed by atoms with Crippen molar-refractivity contribution in [2.45, 2.75) is 0 Å². The summed E-state index contributed by atoms with van der Waals surface area (Å²) in [5.41, 5.74) is 0.732. The largest absolute Gasteiger partial charge is 0.325 e. The molecule has 0 atom stereocenters. The molecule has 0 aliphatic carbocycles. The van der Waals surface area contributed by atoms with Gasteiger partial charge in [0, 0.05) is 21.7 Å². The molecular formula is C24H20NO2P. The maximum absolute atomic E-state index is 14.0. The number of anilines is 1. The maximum Gasteiger partial charge on any atom is 0.232 e. The first-order valence-corrected chi connectivity index (χ1v) is 11.0. The summed E-state index contributed by atoms with van der Waals surface area (Å²) >= 11 is 0. The van der Waals surface area contributed by atoms with E-state index in [1.54, 1.807) is 0 Å². The van der Waals surface area contributed by atoms with Crippen LogP contribution in [-0.2, 0) is 9.36 Å². The zero-order valence-electron chi connectivity index (χ0n) is 15.3. The standard InChI is InChI=1S/C24H20NO2P/c26-24(25-23-17-9-11-19-10-7-8-16-22(19)23)18-28(27,20-12-3-1-4-13-20)21-14-5-2-6-15-21/h1-17H,18H2,(H,25,26). The van der Waals surface area contributed by atoms with E-state index in [4.69, 9.17) is 0 Å². The van der Waals surface area contributed by atoms with Gasteiger partial charge in [0.15, 0.2) is 7.14 Å². The maximum atomic E-state index is 14.0. The van der Waals surface area contributed by atoms with Crippen molar-refractivity contribution in [3.8, 4) is 0 Å². The van der Waals surface area contributed by atoms with Crippen LogP contribution in [0.4, 0.5) is 5.69 Å². The van der Waals surface area contributed by atoms with E-state index in [0.29, 0.717) is 10.6 Å². The number of benzene rings is 4. The molecule has 1 N–H and O–H groups in total. The minimum atomic E-state index is -3.09. The average molecular weight is 385 g/mol. The van der Waals surface area contributed by atoms with Crippen LogP contribution in [0.5, 0.6) is 0 Å². The van der Waals surface area contributed by atoms with Crippen molar-refractivity contribution in [3.63, 3.8) is 0 Å². The fourth-order valence-electron chi connectivity index (χ4n) is 3.40. The minimum Gasteiger partial charge on any atom is -0.325 e. The zero-order valence-corrected chi connectivity index (χ0v) is 16.2. The van der Waals surface area contributed by atoms with Crippen LogP contribution in [0.2, 0.25) is 0 Å². The first-order chi connectivity index (χ1) is 13.7. The van der Waals surface area contributed by atoms with Gasteiger partial charge in [-0.3, -0.25) is 4.79 Å². The van der Waals surface area contributed by atoms with Gasteiger partial charge < -0.3 is 9.88 Å². The molecule has 0 aliphatic rings. The molecule has 0 unspecified atom stereocenters. The van der Waals surface area contributed by atoms with Crippen LogP contribution in [0.25, 0.3) is 10.8 Å². The zero-order chi connectivity index (χ0) is 19.4. The van der Waals surface area contributed by atoms with Gasteiger partial charge in [-0.05, 0) is 11.5 Å². The lowest BCUT2D eigenvalue weighted by molar-refractivity contribution is -0.113. The molecule has 4 heteroatoms. The van der Waals surface area contributed by atoms with Crippen LogP contribution in [0.1, 0.15) is 0 Å². The summed E-state index contributed by atoms with van der Waals surface area (Å²) in [7, 11) is -3.09. The molecule has 0 aliphatic heterocycles. The van der Waals surface area contributed by atoms with Crippen LogP contribution < -0.4 is 15.9 Å². The molecule has 0 aromatic heterocycles. The van der Waals surface area contributed by atoms with Crippen molar-refractivity contribution < 1.29 is 9.36 Å². The number of rotatable bonds is 5. The van der Waals surface area contributed by atoms with Crippen LogP contribution in [-0.4, -0.2) is 12.1 Å². The Labute approximate surface area is 164 Å². The van der Waals surface area contributed by atoms with E-state index in [2.05, 4.69) is 5.32 Å². The molecule has 0 radical (unpaired) electrons. The monoisotopic (exact) mass is 385 g/mol. The molecule has 0 bridgehead atoms. The molecule has 3 nitrogen and oxygen atoms in total. The van der Waals surface area contributed by atoms with E-state index < -0.39 is 7.14 Å². The Morgan fingerprint density at radius 2 is 1.21 bits per heavy atom. The van der Waals surface area contributed by atoms with E-state index in [0.717, 1.165) is 16.5 Å². The molecule has 0 saturated carbocycles. The lowest BCUT2D eigenvalue weighted by Crippen LogP contribution is -2.26. The van der Waals surface area contributed by atoms with Crippen molar-refractivity contribution in [1.29, 1.82) is 0 Å². The number of amides is 1. The second-order valence-electron chi connectivity index (χ2n) is 6.64. The van der Waals surface area contributed by atoms with Crippen molar-refractivity contribution >= 4 is 40.1 Å². The second kappa shape index (κ2) is 7.84. The molecular weight excluding hydrogens is 365 g/mol. The summed E-state index contributed by atoms with van der Waals surface area (Å²) < 4.78 is 14.0. The molecule has 0 fully saturated rings. The molecule has 4 rings (SSSR count). The molecule has 0 spiro atoms. The third-order valence-electron chi connectivity index (χ3n) is 4.78. The van der Waals surface area contributed by atoms with Gasteiger partial charge in [-0.1, -0.05) is 97.1 Å². The molecule has 28 heavy (non-hydrogen) atoms. The highest BCUT2D eigenvalue weighted by Gasteiger charge is 2.30. The fourth-order valence-corrected chi connectivity index (χ4v) is 5.85. The average Bonchev–Trinajstić information content (AvgIpc) is 2.75. The van der Waals surface area contributed by atoms with Gasteiger partial charge in [-0.15, -0.1) is 0 Å². The summed E-state index contributed by atoms with van der Waals surface area (Å²) in [5.74, 6) is -0.257. The van der Waals surface area contributed by atoms with Crippen LogP contribution in [0.15, 0.2) is 103 Å². The smallest absolute Gasteiger partial charge is 0.232 e. The van der Waals surface area contributed by atoms with Gasteiger partial charge >= 0.3 is 0 Å². The van der Waals surface area contributed by atoms with Crippen molar-refractivity contribution in [3.05, 3.63) is 103 Å². The molecule has 0 saturated heterocycles. The number of hydrogen-bond donors (Lipinski definition) is 1. The van der Waals surface area contributed by atoms with Gasteiger partial charge in [0.05, 0.1) is 6.16 Å². The Kier molecular flexibility index (Phi) is 5.10. The Morgan fingerprint density at radius 3 is 1.86 bits per heavy atom. The summed E-state index contributed by atoms with van der Waals surface area (Å²) in [5, 5.41) is 6.36. The predicted octanol–water partition coefficient (Wildman–Crippen LogP) is 4.79. The van der Waals surface area contributed by atoms with Gasteiger partial charge in [-0.2, -0.15) is 0 Å². The Balaban J connectivity index is 1.68. The van der Waals surface area contributed by atoms with Crippen molar-refractivity contribution in [2.24, 2.45) is 0 Å². The number of carbonyl (C=O) groups excluding carboxylic acids is 1. The highest BCUT2D eigenvalue weighted by atomic mass is 31.2. The summed E-state index contributed by atoms with van der Waals surface area (Å²) in [4.78, 5) is 12.9. The highest BCUT2D eigenvalue weighted by Crippen LogP contribution is 2.43. The third-order valence-corrected chi connectivity index (χ3v) is 7.77. The quantitative estimate of drug-likeness (QED) is 0.502. The minimum absolute atomic E-state index is 0.0791. The number of hydrogen-bond acceptors (Lipinski definition) is 2. The Hall–Kier alpha value is -3.16. The van der Waals surface area contributed by atoms with Crippen LogP contribution >= 0.6 is 7.14 Å².